The number of nitrogens with one attached hydrogen (secondary N) is 2. The molecule has 0 spiro atoms. The van der Waals surface area contributed by atoms with Crippen molar-refractivity contribution < 1.29 is 4.74 Å². The molecule has 8 nitrogen and oxygen atoms in total. The number of nitrogens with zero attached hydrogens (tertiary/aromatic N) is 5. The molecule has 2 N–H and O–H groups in total. The maximum Gasteiger partial charge on any atom is 0.191 e. The molecule has 0 aliphatic carbocycles. The van der Waals surface area contributed by atoms with Crippen molar-refractivity contribution in [3.8, 4) is 0 Å². The van der Waals surface area contributed by atoms with Crippen LogP contribution in [-0.4, -0.2) is 70.6 Å². The topological polar surface area (TPSA) is 79.6 Å². The number of hydrogen-bond donors (Lipinski definition) is 2. The number of morpholine rings is 1. The quantitative estimate of drug-likeness (QED) is 0.425. The van der Waals surface area contributed by atoms with E-state index in [4.69, 9.17) is 4.74 Å². The van der Waals surface area contributed by atoms with Gasteiger partial charge in [-0.25, -0.2) is 9.98 Å². The molecule has 0 aromatic carbocycles. The van der Waals surface area contributed by atoms with E-state index in [-0.39, 0.29) is 0 Å². The molecule has 2 atom stereocenters. The molecule has 0 amide bonds. The zero-order valence-electron chi connectivity index (χ0n) is 15.3. The van der Waals surface area contributed by atoms with Gasteiger partial charge in [0.05, 0.1) is 12.2 Å². The highest BCUT2D eigenvalue weighted by Gasteiger charge is 2.21. The summed E-state index contributed by atoms with van der Waals surface area (Å²) in [4.78, 5) is 11.2. The Morgan fingerprint density at radius 3 is 2.71 bits per heavy atom. The summed E-state index contributed by atoms with van der Waals surface area (Å²) in [7, 11) is 1.88. The van der Waals surface area contributed by atoms with Crippen LogP contribution in [0.2, 0.25) is 0 Å². The molecule has 0 saturated carbocycles. The van der Waals surface area contributed by atoms with Crippen LogP contribution in [0.15, 0.2) is 11.3 Å². The van der Waals surface area contributed by atoms with Crippen LogP contribution in [0.25, 0.3) is 0 Å². The Bertz CT molecular complexity index is 506. The van der Waals surface area contributed by atoms with Crippen LogP contribution in [-0.2, 0) is 18.3 Å². The largest absolute Gasteiger partial charge is 0.373 e. The minimum Gasteiger partial charge on any atom is -0.373 e. The van der Waals surface area contributed by atoms with Gasteiger partial charge in [0.2, 0.25) is 0 Å². The Kier molecular flexibility index (Phi) is 7.45. The second kappa shape index (κ2) is 9.58. The standard InChI is InChI=1S/C16H31N7O/c1-5-17-16(19-9-15-20-12-21-22(15)4)18-7-6-8-23-10-13(2)24-14(3)11-23/h12-14H,5-11H2,1-4H3,(H2,17,18,19). The van der Waals surface area contributed by atoms with Gasteiger partial charge in [0.25, 0.3) is 0 Å². The van der Waals surface area contributed by atoms with Crippen molar-refractivity contribution in [1.29, 1.82) is 0 Å². The summed E-state index contributed by atoms with van der Waals surface area (Å²) in [5.41, 5.74) is 0. The van der Waals surface area contributed by atoms with E-state index in [1.165, 1.54) is 0 Å². The van der Waals surface area contributed by atoms with Crippen molar-refractivity contribution in [3.05, 3.63) is 12.2 Å². The maximum absolute atomic E-state index is 5.77. The Morgan fingerprint density at radius 2 is 2.08 bits per heavy atom. The van der Waals surface area contributed by atoms with Crippen LogP contribution in [0, 0.1) is 0 Å². The average Bonchev–Trinajstić information content (AvgIpc) is 2.93. The summed E-state index contributed by atoms with van der Waals surface area (Å²) in [5.74, 6) is 1.67. The fourth-order valence-corrected chi connectivity index (χ4v) is 2.93. The third-order valence-corrected chi connectivity index (χ3v) is 3.97. The van der Waals surface area contributed by atoms with Gasteiger partial charge in [-0.1, -0.05) is 0 Å². The Labute approximate surface area is 144 Å². The SMILES string of the molecule is CCNC(=NCc1ncnn1C)NCCCN1CC(C)OC(C)C1. The van der Waals surface area contributed by atoms with Crippen LogP contribution in [0.4, 0.5) is 0 Å². The van der Waals surface area contributed by atoms with Crippen molar-refractivity contribution >= 4 is 5.96 Å². The van der Waals surface area contributed by atoms with Crippen molar-refractivity contribution in [2.75, 3.05) is 32.7 Å². The number of hydrogen-bond acceptors (Lipinski definition) is 5. The highest BCUT2D eigenvalue weighted by atomic mass is 16.5. The number of aliphatic imine (C=N–C) groups is 1. The van der Waals surface area contributed by atoms with Crippen LogP contribution < -0.4 is 10.6 Å². The first-order valence-corrected chi connectivity index (χ1v) is 8.81. The summed E-state index contributed by atoms with van der Waals surface area (Å²) < 4.78 is 7.51. The Hall–Kier alpha value is -1.67. The third kappa shape index (κ3) is 6.09. The molecule has 1 aliphatic heterocycles. The predicted octanol–water partition coefficient (Wildman–Crippen LogP) is 0.370. The van der Waals surface area contributed by atoms with Gasteiger partial charge >= 0.3 is 0 Å². The van der Waals surface area contributed by atoms with Gasteiger partial charge in [-0.15, -0.1) is 0 Å². The van der Waals surface area contributed by atoms with Crippen molar-refractivity contribution in [2.45, 2.75) is 45.9 Å². The van der Waals surface area contributed by atoms with Gasteiger partial charge in [-0.2, -0.15) is 5.10 Å². The Balaban J connectivity index is 1.72. The van der Waals surface area contributed by atoms with E-state index in [1.807, 2.05) is 7.05 Å². The summed E-state index contributed by atoms with van der Waals surface area (Å²) in [6, 6.07) is 0. The van der Waals surface area contributed by atoms with Gasteiger partial charge < -0.3 is 15.4 Å². The van der Waals surface area contributed by atoms with Crippen molar-refractivity contribution in [1.82, 2.24) is 30.3 Å². The monoisotopic (exact) mass is 337 g/mol. The molecule has 1 saturated heterocycles. The zero-order valence-corrected chi connectivity index (χ0v) is 15.3. The second-order valence-electron chi connectivity index (χ2n) is 6.29. The van der Waals surface area contributed by atoms with E-state index in [0.717, 1.165) is 50.9 Å². The summed E-state index contributed by atoms with van der Waals surface area (Å²) in [6.45, 7) is 11.7. The van der Waals surface area contributed by atoms with Crippen molar-refractivity contribution in [3.63, 3.8) is 0 Å². The van der Waals surface area contributed by atoms with Gasteiger partial charge in [-0.05, 0) is 27.2 Å². The van der Waals surface area contributed by atoms with Crippen LogP contribution >= 0.6 is 0 Å². The van der Waals surface area contributed by atoms with Gasteiger partial charge in [0.15, 0.2) is 5.96 Å². The number of guanidine groups is 1. The minimum atomic E-state index is 0.326. The minimum absolute atomic E-state index is 0.326. The lowest BCUT2D eigenvalue weighted by Crippen LogP contribution is -2.46. The zero-order chi connectivity index (χ0) is 17.4. The van der Waals surface area contributed by atoms with Crippen LogP contribution in [0.3, 0.4) is 0 Å². The lowest BCUT2D eigenvalue weighted by Gasteiger charge is -2.35. The normalized spacial score (nSPS) is 22.6. The molecule has 2 unspecified atom stereocenters. The summed E-state index contributed by atoms with van der Waals surface area (Å²) >= 11 is 0. The predicted molar refractivity (Wildman–Crippen MR) is 94.9 cm³/mol. The molecule has 1 aliphatic rings. The van der Waals surface area contributed by atoms with Gasteiger partial charge in [0, 0.05) is 39.8 Å². The first-order valence-electron chi connectivity index (χ1n) is 8.81. The fourth-order valence-electron chi connectivity index (χ4n) is 2.93. The van der Waals surface area contributed by atoms with E-state index < -0.39 is 0 Å². The third-order valence-electron chi connectivity index (χ3n) is 3.97. The first kappa shape index (κ1) is 18.7. The van der Waals surface area contributed by atoms with E-state index in [9.17, 15) is 0 Å². The number of aryl methyl sites for hydroxylation is 1. The highest BCUT2D eigenvalue weighted by molar-refractivity contribution is 5.79. The lowest BCUT2D eigenvalue weighted by molar-refractivity contribution is -0.0679. The Morgan fingerprint density at radius 1 is 1.33 bits per heavy atom. The van der Waals surface area contributed by atoms with Gasteiger partial charge in [0.1, 0.15) is 18.7 Å². The molecule has 0 radical (unpaired) electrons. The van der Waals surface area contributed by atoms with E-state index >= 15 is 0 Å². The molecule has 136 valence electrons. The van der Waals surface area contributed by atoms with E-state index in [1.54, 1.807) is 11.0 Å². The first-order chi connectivity index (χ1) is 11.6. The molecule has 2 rings (SSSR count). The van der Waals surface area contributed by atoms with E-state index in [0.29, 0.717) is 18.8 Å². The molecule has 1 fully saturated rings. The maximum atomic E-state index is 5.77. The molecular formula is C16H31N7O. The van der Waals surface area contributed by atoms with Crippen LogP contribution in [0.1, 0.15) is 33.0 Å². The molecular weight excluding hydrogens is 306 g/mol. The van der Waals surface area contributed by atoms with Crippen LogP contribution in [0.5, 0.6) is 0 Å². The average molecular weight is 337 g/mol. The summed E-state index contributed by atoms with van der Waals surface area (Å²) in [6.07, 6.45) is 3.28. The number of rotatable bonds is 7. The molecule has 1 aromatic heterocycles. The molecule has 8 heteroatoms. The van der Waals surface area contributed by atoms with Crippen molar-refractivity contribution in [2.24, 2.45) is 12.0 Å². The fraction of sp³-hybridized carbons (Fsp3) is 0.812. The molecule has 2 heterocycles. The smallest absolute Gasteiger partial charge is 0.191 e. The highest BCUT2D eigenvalue weighted by Crippen LogP contribution is 2.10. The number of ether oxygens (including phenoxy) is 1. The molecule has 0 bridgehead atoms. The van der Waals surface area contributed by atoms with Gasteiger partial charge in [-0.3, -0.25) is 9.58 Å². The second-order valence-corrected chi connectivity index (χ2v) is 6.29. The molecule has 24 heavy (non-hydrogen) atoms. The molecule has 1 aromatic rings. The van der Waals surface area contributed by atoms with E-state index in [2.05, 4.69) is 51.4 Å². The lowest BCUT2D eigenvalue weighted by atomic mass is 10.2. The number of aromatic nitrogens is 3. The summed E-state index contributed by atoms with van der Waals surface area (Å²) in [5, 5.41) is 10.7.